The van der Waals surface area contributed by atoms with E-state index >= 15 is 0 Å². The molecule has 1 amide bonds. The Kier molecular flexibility index (Phi) is 11.2. The lowest BCUT2D eigenvalue weighted by Gasteiger charge is -2.25. The van der Waals surface area contributed by atoms with Gasteiger partial charge in [0.25, 0.3) is 0 Å². The summed E-state index contributed by atoms with van der Waals surface area (Å²) in [5.41, 5.74) is 3.24. The second-order valence-corrected chi connectivity index (χ2v) is 7.11. The Morgan fingerprint density at radius 2 is 1.64 bits per heavy atom. The van der Waals surface area contributed by atoms with Crippen LogP contribution in [0.2, 0.25) is 0 Å². The number of carbonyl (C=O) groups is 1. The van der Waals surface area contributed by atoms with Crippen molar-refractivity contribution in [1.29, 1.82) is 0 Å². The molecule has 0 spiro atoms. The van der Waals surface area contributed by atoms with Crippen LogP contribution in [0.1, 0.15) is 24.0 Å². The van der Waals surface area contributed by atoms with E-state index in [0.717, 1.165) is 30.9 Å². The molecule has 2 aromatic rings. The van der Waals surface area contributed by atoms with Crippen LogP contribution in [0, 0.1) is 6.92 Å². The molecular formula is C22H31Cl2N3O. The smallest absolute Gasteiger partial charge is 0.238 e. The van der Waals surface area contributed by atoms with E-state index in [0.29, 0.717) is 6.54 Å². The number of likely N-dealkylation sites (tertiary alicyclic amines) is 1. The maximum atomic E-state index is 12.6. The van der Waals surface area contributed by atoms with Crippen LogP contribution >= 0.6 is 24.8 Å². The normalized spacial score (nSPS) is 13.6. The maximum Gasteiger partial charge on any atom is 0.238 e. The van der Waals surface area contributed by atoms with Gasteiger partial charge in [0.05, 0.1) is 6.54 Å². The largest absolute Gasteiger partial charge is 0.325 e. The highest BCUT2D eigenvalue weighted by Gasteiger charge is 2.16. The number of nitrogens with one attached hydrogen (secondary N) is 1. The second-order valence-electron chi connectivity index (χ2n) is 7.11. The molecule has 0 aromatic heterocycles. The Balaban J connectivity index is 0.00000196. The highest BCUT2D eigenvalue weighted by atomic mass is 35.5. The summed E-state index contributed by atoms with van der Waals surface area (Å²) in [6, 6.07) is 18.3. The molecule has 0 bridgehead atoms. The van der Waals surface area contributed by atoms with Gasteiger partial charge >= 0.3 is 0 Å². The number of aryl methyl sites for hydroxylation is 1. The summed E-state index contributed by atoms with van der Waals surface area (Å²) < 4.78 is 0. The van der Waals surface area contributed by atoms with E-state index in [4.69, 9.17) is 0 Å². The van der Waals surface area contributed by atoms with Crippen LogP contribution in [0.3, 0.4) is 0 Å². The lowest BCUT2D eigenvalue weighted by molar-refractivity contribution is -0.117. The first-order valence-electron chi connectivity index (χ1n) is 9.55. The van der Waals surface area contributed by atoms with Crippen LogP contribution in [0.5, 0.6) is 0 Å². The zero-order valence-electron chi connectivity index (χ0n) is 16.5. The summed E-state index contributed by atoms with van der Waals surface area (Å²) in [5, 5.41) is 3.06. The standard InChI is InChI=1S/C22H29N3O.2ClH/c1-19-9-5-6-12-21(19)23-22(26)18-25(16-15-24-13-7-8-14-24)17-20-10-3-2-4-11-20;;/h2-6,9-12H,7-8,13-18H2,1H3,(H,23,26);2*1H. The van der Waals surface area contributed by atoms with Crippen LogP contribution in [0.25, 0.3) is 0 Å². The molecule has 1 aliphatic heterocycles. The van der Waals surface area contributed by atoms with Crippen molar-refractivity contribution < 1.29 is 4.79 Å². The average Bonchev–Trinajstić information content (AvgIpc) is 3.16. The molecule has 0 radical (unpaired) electrons. The Morgan fingerprint density at radius 3 is 2.32 bits per heavy atom. The molecule has 1 aliphatic rings. The number of para-hydroxylation sites is 1. The Hall–Kier alpha value is -1.59. The van der Waals surface area contributed by atoms with E-state index in [1.54, 1.807) is 0 Å². The van der Waals surface area contributed by atoms with Gasteiger partial charge in [0.2, 0.25) is 5.91 Å². The number of hydrogen-bond donors (Lipinski definition) is 1. The summed E-state index contributed by atoms with van der Waals surface area (Å²) >= 11 is 0. The number of hydrogen-bond acceptors (Lipinski definition) is 3. The van der Waals surface area contributed by atoms with Gasteiger partial charge in [-0.05, 0) is 50.0 Å². The van der Waals surface area contributed by atoms with Crippen molar-refractivity contribution in [2.24, 2.45) is 0 Å². The summed E-state index contributed by atoms with van der Waals surface area (Å²) in [6.07, 6.45) is 2.60. The van der Waals surface area contributed by atoms with Gasteiger partial charge in [0, 0.05) is 25.3 Å². The fraction of sp³-hybridized carbons (Fsp3) is 0.409. The molecule has 2 aromatic carbocycles. The summed E-state index contributed by atoms with van der Waals surface area (Å²) in [7, 11) is 0. The lowest BCUT2D eigenvalue weighted by Crippen LogP contribution is -2.38. The fourth-order valence-electron chi connectivity index (χ4n) is 3.45. The fourth-order valence-corrected chi connectivity index (χ4v) is 3.45. The van der Waals surface area contributed by atoms with Crippen molar-refractivity contribution in [3.05, 3.63) is 65.7 Å². The maximum absolute atomic E-state index is 12.6. The highest BCUT2D eigenvalue weighted by Crippen LogP contribution is 2.14. The zero-order valence-corrected chi connectivity index (χ0v) is 18.1. The Morgan fingerprint density at radius 1 is 1.00 bits per heavy atom. The minimum absolute atomic E-state index is 0. The van der Waals surface area contributed by atoms with Crippen molar-refractivity contribution >= 4 is 36.4 Å². The molecule has 0 aliphatic carbocycles. The first-order chi connectivity index (χ1) is 12.7. The van der Waals surface area contributed by atoms with E-state index in [1.165, 1.54) is 31.5 Å². The summed E-state index contributed by atoms with van der Waals surface area (Å²) in [6.45, 7) is 7.56. The van der Waals surface area contributed by atoms with Gasteiger partial charge in [0.15, 0.2) is 0 Å². The van der Waals surface area contributed by atoms with Crippen LogP contribution < -0.4 is 5.32 Å². The Bertz CT molecular complexity index is 706. The van der Waals surface area contributed by atoms with Crippen molar-refractivity contribution in [3.8, 4) is 0 Å². The van der Waals surface area contributed by atoms with E-state index in [-0.39, 0.29) is 30.7 Å². The summed E-state index contributed by atoms with van der Waals surface area (Å²) in [4.78, 5) is 17.3. The summed E-state index contributed by atoms with van der Waals surface area (Å²) in [5.74, 6) is 0.0525. The average molecular weight is 424 g/mol. The van der Waals surface area contributed by atoms with Crippen LogP contribution in [0.15, 0.2) is 54.6 Å². The van der Waals surface area contributed by atoms with E-state index in [9.17, 15) is 4.79 Å². The zero-order chi connectivity index (χ0) is 18.2. The first kappa shape index (κ1) is 24.4. The first-order valence-corrected chi connectivity index (χ1v) is 9.55. The van der Waals surface area contributed by atoms with E-state index in [2.05, 4.69) is 39.4 Å². The number of amides is 1. The van der Waals surface area contributed by atoms with Gasteiger partial charge in [-0.2, -0.15) is 0 Å². The number of anilines is 1. The molecule has 4 nitrogen and oxygen atoms in total. The van der Waals surface area contributed by atoms with Gasteiger partial charge in [-0.15, -0.1) is 24.8 Å². The molecular weight excluding hydrogens is 393 g/mol. The van der Waals surface area contributed by atoms with Crippen molar-refractivity contribution in [2.45, 2.75) is 26.3 Å². The van der Waals surface area contributed by atoms with Gasteiger partial charge in [-0.1, -0.05) is 48.5 Å². The number of nitrogens with zero attached hydrogens (tertiary/aromatic N) is 2. The quantitative estimate of drug-likeness (QED) is 0.684. The van der Waals surface area contributed by atoms with Crippen molar-refractivity contribution in [1.82, 2.24) is 9.80 Å². The molecule has 0 unspecified atom stereocenters. The molecule has 3 rings (SSSR count). The third kappa shape index (κ3) is 7.80. The number of carbonyl (C=O) groups excluding carboxylic acids is 1. The van der Waals surface area contributed by atoms with E-state index in [1.807, 2.05) is 37.3 Å². The molecule has 28 heavy (non-hydrogen) atoms. The second kappa shape index (κ2) is 12.8. The minimum Gasteiger partial charge on any atom is -0.325 e. The van der Waals surface area contributed by atoms with E-state index < -0.39 is 0 Å². The number of halogens is 2. The third-order valence-electron chi connectivity index (χ3n) is 4.97. The van der Waals surface area contributed by atoms with Gasteiger partial charge in [0.1, 0.15) is 0 Å². The molecule has 1 heterocycles. The van der Waals surface area contributed by atoms with Gasteiger partial charge in [-0.3, -0.25) is 9.69 Å². The third-order valence-corrected chi connectivity index (χ3v) is 4.97. The molecule has 0 atom stereocenters. The topological polar surface area (TPSA) is 35.6 Å². The SMILES string of the molecule is Cc1ccccc1NC(=O)CN(CCN1CCCC1)Cc1ccccc1.Cl.Cl. The predicted molar refractivity (Wildman–Crippen MR) is 122 cm³/mol. The Labute approximate surface area is 181 Å². The molecule has 6 heteroatoms. The molecule has 154 valence electrons. The van der Waals surface area contributed by atoms with Gasteiger partial charge in [-0.25, -0.2) is 0 Å². The molecule has 0 saturated carbocycles. The van der Waals surface area contributed by atoms with Gasteiger partial charge < -0.3 is 10.2 Å². The minimum atomic E-state index is 0. The van der Waals surface area contributed by atoms with Crippen molar-refractivity contribution in [3.63, 3.8) is 0 Å². The predicted octanol–water partition coefficient (Wildman–Crippen LogP) is 4.38. The molecule has 1 fully saturated rings. The lowest BCUT2D eigenvalue weighted by atomic mass is 10.2. The monoisotopic (exact) mass is 423 g/mol. The van der Waals surface area contributed by atoms with Crippen LogP contribution in [0.4, 0.5) is 5.69 Å². The number of benzene rings is 2. The van der Waals surface area contributed by atoms with Crippen molar-refractivity contribution in [2.75, 3.05) is 38.0 Å². The number of rotatable bonds is 8. The molecule has 1 saturated heterocycles. The van der Waals surface area contributed by atoms with Crippen LogP contribution in [-0.4, -0.2) is 48.4 Å². The highest BCUT2D eigenvalue weighted by molar-refractivity contribution is 5.92. The van der Waals surface area contributed by atoms with Crippen LogP contribution in [-0.2, 0) is 11.3 Å². The molecule has 1 N–H and O–H groups in total.